The summed E-state index contributed by atoms with van der Waals surface area (Å²) >= 11 is 5.80. The van der Waals surface area contributed by atoms with E-state index in [0.29, 0.717) is 6.07 Å². The molecule has 2 nitrogen and oxygen atoms in total. The lowest BCUT2D eigenvalue weighted by Gasteiger charge is -2.11. The highest BCUT2D eigenvalue weighted by atomic mass is 35.5. The van der Waals surface area contributed by atoms with Gasteiger partial charge in [0.15, 0.2) is 11.6 Å². The second-order valence-electron chi connectivity index (χ2n) is 4.49. The maximum absolute atomic E-state index is 13.9. The van der Waals surface area contributed by atoms with Crippen molar-refractivity contribution in [2.75, 3.05) is 0 Å². The van der Waals surface area contributed by atoms with E-state index in [2.05, 4.69) is 0 Å². The molecule has 0 aromatic heterocycles. The third kappa shape index (κ3) is 1.76. The standard InChI is InChI=1S/C15H7ClF2O2/c16-10-5-7(17)6-11(18)12(10)13-14(19)8-3-1-2-4-9(8)15(13)20/h1-6,13H. The van der Waals surface area contributed by atoms with Gasteiger partial charge >= 0.3 is 0 Å². The predicted octanol–water partition coefficient (Wildman–Crippen LogP) is 3.78. The first kappa shape index (κ1) is 12.9. The molecular weight excluding hydrogens is 286 g/mol. The molecule has 0 unspecified atom stereocenters. The van der Waals surface area contributed by atoms with Crippen LogP contribution in [0.4, 0.5) is 8.78 Å². The van der Waals surface area contributed by atoms with Crippen molar-refractivity contribution in [3.8, 4) is 0 Å². The van der Waals surface area contributed by atoms with Gasteiger partial charge in [0.25, 0.3) is 0 Å². The van der Waals surface area contributed by atoms with Crippen molar-refractivity contribution in [3.63, 3.8) is 0 Å². The topological polar surface area (TPSA) is 34.1 Å². The molecule has 0 amide bonds. The van der Waals surface area contributed by atoms with Crippen molar-refractivity contribution in [2.45, 2.75) is 5.92 Å². The van der Waals surface area contributed by atoms with Gasteiger partial charge in [0.1, 0.15) is 17.6 Å². The van der Waals surface area contributed by atoms with Crippen LogP contribution >= 0.6 is 11.6 Å². The van der Waals surface area contributed by atoms with Crippen molar-refractivity contribution >= 4 is 23.2 Å². The number of carbonyl (C=O) groups is 2. The van der Waals surface area contributed by atoms with E-state index in [1.54, 1.807) is 12.1 Å². The second kappa shape index (κ2) is 4.49. The molecule has 0 saturated heterocycles. The van der Waals surface area contributed by atoms with E-state index in [4.69, 9.17) is 11.6 Å². The SMILES string of the molecule is O=C1c2ccccc2C(=O)C1c1c(F)cc(F)cc1Cl. The summed E-state index contributed by atoms with van der Waals surface area (Å²) in [6, 6.07) is 7.76. The lowest BCUT2D eigenvalue weighted by molar-refractivity contribution is 0.0887. The van der Waals surface area contributed by atoms with Gasteiger partial charge in [0.2, 0.25) is 0 Å². The zero-order valence-electron chi connectivity index (χ0n) is 9.99. The number of ketones is 2. The molecule has 0 heterocycles. The van der Waals surface area contributed by atoms with Crippen LogP contribution in [0.2, 0.25) is 5.02 Å². The molecular formula is C15H7ClF2O2. The van der Waals surface area contributed by atoms with Gasteiger partial charge in [-0.15, -0.1) is 0 Å². The minimum absolute atomic E-state index is 0.238. The molecule has 0 N–H and O–H groups in total. The first-order chi connectivity index (χ1) is 9.50. The van der Waals surface area contributed by atoms with Crippen LogP contribution in [0, 0.1) is 11.6 Å². The molecule has 0 atom stereocenters. The van der Waals surface area contributed by atoms with Crippen molar-refractivity contribution in [3.05, 3.63) is 69.7 Å². The van der Waals surface area contributed by atoms with Crippen LogP contribution in [0.3, 0.4) is 0 Å². The number of rotatable bonds is 1. The van der Waals surface area contributed by atoms with E-state index >= 15 is 0 Å². The van der Waals surface area contributed by atoms with Gasteiger partial charge in [-0.2, -0.15) is 0 Å². The smallest absolute Gasteiger partial charge is 0.179 e. The summed E-state index contributed by atoms with van der Waals surface area (Å²) in [6.07, 6.45) is 0. The summed E-state index contributed by atoms with van der Waals surface area (Å²) in [4.78, 5) is 24.5. The molecule has 0 saturated carbocycles. The fraction of sp³-hybridized carbons (Fsp3) is 0.0667. The monoisotopic (exact) mass is 292 g/mol. The van der Waals surface area contributed by atoms with Crippen molar-refractivity contribution < 1.29 is 18.4 Å². The Morgan fingerprint density at radius 3 is 2.00 bits per heavy atom. The number of hydrogen-bond donors (Lipinski definition) is 0. The van der Waals surface area contributed by atoms with E-state index in [0.717, 1.165) is 6.07 Å². The summed E-state index contributed by atoms with van der Waals surface area (Å²) in [6.45, 7) is 0. The lowest BCUT2D eigenvalue weighted by Crippen LogP contribution is -2.15. The highest BCUT2D eigenvalue weighted by molar-refractivity contribution is 6.35. The van der Waals surface area contributed by atoms with Crippen LogP contribution in [0.15, 0.2) is 36.4 Å². The van der Waals surface area contributed by atoms with Crippen molar-refractivity contribution in [1.82, 2.24) is 0 Å². The zero-order chi connectivity index (χ0) is 14.4. The Kier molecular flexibility index (Phi) is 2.91. The van der Waals surface area contributed by atoms with Crippen molar-refractivity contribution in [2.24, 2.45) is 0 Å². The van der Waals surface area contributed by atoms with E-state index in [1.165, 1.54) is 12.1 Å². The summed E-state index contributed by atoms with van der Waals surface area (Å²) < 4.78 is 27.0. The van der Waals surface area contributed by atoms with Crippen LogP contribution in [-0.2, 0) is 0 Å². The highest BCUT2D eigenvalue weighted by Gasteiger charge is 2.41. The maximum atomic E-state index is 13.9. The predicted molar refractivity (Wildman–Crippen MR) is 69.2 cm³/mol. The summed E-state index contributed by atoms with van der Waals surface area (Å²) in [5.74, 6) is -4.21. The molecule has 3 rings (SSSR count). The summed E-state index contributed by atoms with van der Waals surface area (Å²) in [5, 5.41) is -0.262. The number of fused-ring (bicyclic) bond motifs is 1. The third-order valence-corrected chi connectivity index (χ3v) is 3.63. The molecule has 5 heteroatoms. The molecule has 0 radical (unpaired) electrons. The van der Waals surface area contributed by atoms with Gasteiger partial charge in [-0.25, -0.2) is 8.78 Å². The summed E-state index contributed by atoms with van der Waals surface area (Å²) in [7, 11) is 0. The molecule has 0 fully saturated rings. The zero-order valence-corrected chi connectivity index (χ0v) is 10.7. The first-order valence-corrected chi connectivity index (χ1v) is 6.20. The molecule has 1 aliphatic carbocycles. The van der Waals surface area contributed by atoms with E-state index in [1.807, 2.05) is 0 Å². The first-order valence-electron chi connectivity index (χ1n) is 5.82. The maximum Gasteiger partial charge on any atom is 0.179 e. The van der Waals surface area contributed by atoms with Gasteiger partial charge in [-0.3, -0.25) is 9.59 Å². The highest BCUT2D eigenvalue weighted by Crippen LogP contribution is 2.38. The molecule has 0 spiro atoms. The van der Waals surface area contributed by atoms with Crippen LogP contribution in [0.25, 0.3) is 0 Å². The van der Waals surface area contributed by atoms with Crippen LogP contribution in [0.1, 0.15) is 32.2 Å². The van der Waals surface area contributed by atoms with E-state index < -0.39 is 29.1 Å². The van der Waals surface area contributed by atoms with Crippen molar-refractivity contribution in [1.29, 1.82) is 0 Å². The van der Waals surface area contributed by atoms with Crippen LogP contribution in [-0.4, -0.2) is 11.6 Å². The number of Topliss-reactive ketones (excluding diaryl/α,β-unsaturated/α-hetero) is 2. The Morgan fingerprint density at radius 2 is 1.50 bits per heavy atom. The molecule has 100 valence electrons. The Hall–Kier alpha value is -2.07. The third-order valence-electron chi connectivity index (χ3n) is 3.31. The van der Waals surface area contributed by atoms with Gasteiger partial charge in [0.05, 0.1) is 5.02 Å². The molecule has 0 aliphatic heterocycles. The lowest BCUT2D eigenvalue weighted by atomic mass is 9.93. The fourth-order valence-electron chi connectivity index (χ4n) is 2.43. The van der Waals surface area contributed by atoms with Gasteiger partial charge in [-0.1, -0.05) is 35.9 Å². The average Bonchev–Trinajstić information content (AvgIpc) is 2.64. The average molecular weight is 293 g/mol. The minimum atomic E-state index is -1.33. The normalized spacial score (nSPS) is 14.8. The number of hydrogen-bond acceptors (Lipinski definition) is 2. The number of benzene rings is 2. The van der Waals surface area contributed by atoms with Gasteiger partial charge in [-0.05, 0) is 6.07 Å². The molecule has 0 bridgehead atoms. The Bertz CT molecular complexity index is 697. The molecule has 2 aromatic carbocycles. The van der Waals surface area contributed by atoms with E-state index in [-0.39, 0.29) is 21.7 Å². The Morgan fingerprint density at radius 1 is 0.950 bits per heavy atom. The molecule has 2 aromatic rings. The molecule has 20 heavy (non-hydrogen) atoms. The Balaban J connectivity index is 2.19. The fourth-order valence-corrected chi connectivity index (χ4v) is 2.74. The van der Waals surface area contributed by atoms with E-state index in [9.17, 15) is 18.4 Å². The second-order valence-corrected chi connectivity index (χ2v) is 4.90. The van der Waals surface area contributed by atoms with Crippen LogP contribution < -0.4 is 0 Å². The van der Waals surface area contributed by atoms with Crippen LogP contribution in [0.5, 0.6) is 0 Å². The Labute approximate surface area is 118 Å². The number of carbonyl (C=O) groups excluding carboxylic acids is 2. The quantitative estimate of drug-likeness (QED) is 0.750. The minimum Gasteiger partial charge on any atom is -0.293 e. The summed E-state index contributed by atoms with van der Waals surface area (Å²) in [5.41, 5.74) is 0.212. The molecule has 1 aliphatic rings. The number of halogens is 3. The van der Waals surface area contributed by atoms with Gasteiger partial charge in [0, 0.05) is 22.8 Å². The van der Waals surface area contributed by atoms with Gasteiger partial charge < -0.3 is 0 Å². The largest absolute Gasteiger partial charge is 0.293 e.